The highest BCUT2D eigenvalue weighted by Gasteiger charge is 2.12. The number of hydrogen-bond acceptors (Lipinski definition) is 6. The number of hydrogen-bond donors (Lipinski definition) is 3. The van der Waals surface area contributed by atoms with Gasteiger partial charge in [0.05, 0.1) is 12.1 Å². The van der Waals surface area contributed by atoms with Crippen molar-refractivity contribution in [3.63, 3.8) is 0 Å². The molecule has 1 aromatic rings. The molecule has 1 rings (SSSR count). The fourth-order valence-electron chi connectivity index (χ4n) is 1.25. The maximum absolute atomic E-state index is 11.3. The number of carboxylic acids is 1. The van der Waals surface area contributed by atoms with E-state index in [9.17, 15) is 14.4 Å². The molecular weight excluding hydrogens is 302 g/mol. The molecule has 0 spiro atoms. The summed E-state index contributed by atoms with van der Waals surface area (Å²) in [5, 5.41) is 13.2. The largest absolute Gasteiger partial charge is 0.481 e. The van der Waals surface area contributed by atoms with E-state index in [1.54, 1.807) is 6.92 Å². The van der Waals surface area contributed by atoms with E-state index in [4.69, 9.17) is 5.11 Å². The zero-order valence-corrected chi connectivity index (χ0v) is 12.7. The van der Waals surface area contributed by atoms with E-state index in [1.807, 2.05) is 0 Å². The Morgan fingerprint density at radius 2 is 2.10 bits per heavy atom. The van der Waals surface area contributed by atoms with Gasteiger partial charge in [0.2, 0.25) is 5.91 Å². The van der Waals surface area contributed by atoms with Crippen molar-refractivity contribution in [3.8, 4) is 0 Å². The predicted molar refractivity (Wildman–Crippen MR) is 76.1 cm³/mol. The summed E-state index contributed by atoms with van der Waals surface area (Å²) in [6.07, 6.45) is 0.145. The molecule has 0 aliphatic carbocycles. The summed E-state index contributed by atoms with van der Waals surface area (Å²) in [6, 6.07) is -0.533. The minimum atomic E-state index is -0.891. The van der Waals surface area contributed by atoms with E-state index in [0.717, 1.165) is 9.22 Å². The second kappa shape index (κ2) is 7.85. The van der Waals surface area contributed by atoms with Crippen LogP contribution in [0.1, 0.15) is 17.0 Å². The lowest BCUT2D eigenvalue weighted by molar-refractivity contribution is -0.136. The average Bonchev–Trinajstić information content (AvgIpc) is 2.69. The van der Waals surface area contributed by atoms with E-state index in [1.165, 1.54) is 30.1 Å². The predicted octanol–water partition coefficient (Wildman–Crippen LogP) is 1.02. The first-order valence-corrected chi connectivity index (χ1v) is 7.55. The highest BCUT2D eigenvalue weighted by Crippen LogP contribution is 2.27. The van der Waals surface area contributed by atoms with E-state index in [0.29, 0.717) is 11.4 Å². The van der Waals surface area contributed by atoms with Crippen LogP contribution in [-0.4, -0.2) is 40.8 Å². The van der Waals surface area contributed by atoms with Crippen molar-refractivity contribution >= 4 is 41.0 Å². The van der Waals surface area contributed by atoms with Crippen LogP contribution in [0.4, 0.5) is 4.79 Å². The normalized spacial score (nSPS) is 10.1. The van der Waals surface area contributed by atoms with Crippen molar-refractivity contribution in [2.24, 2.45) is 0 Å². The van der Waals surface area contributed by atoms with Gasteiger partial charge in [-0.3, -0.25) is 14.9 Å². The first-order valence-electron chi connectivity index (χ1n) is 5.74. The molecule has 0 aliphatic rings. The SMILES string of the molecule is CNC(=O)NC(=O)CCSc1nc(C)c(CC(=O)O)s1. The van der Waals surface area contributed by atoms with Crippen LogP contribution < -0.4 is 10.6 Å². The molecule has 3 N–H and O–H groups in total. The van der Waals surface area contributed by atoms with Crippen LogP contribution in [0.25, 0.3) is 0 Å². The fourth-order valence-corrected chi connectivity index (χ4v) is 3.48. The number of thiazole rings is 1. The molecular formula is C11H15N3O4S2. The van der Waals surface area contributed by atoms with Gasteiger partial charge in [0, 0.05) is 24.1 Å². The molecule has 0 atom stereocenters. The smallest absolute Gasteiger partial charge is 0.321 e. The third-order valence-electron chi connectivity index (χ3n) is 2.22. The zero-order valence-electron chi connectivity index (χ0n) is 11.1. The lowest BCUT2D eigenvalue weighted by atomic mass is 10.3. The average molecular weight is 317 g/mol. The molecule has 0 saturated heterocycles. The standard InChI is InChI=1S/C11H15N3O4S2/c1-6-7(5-9(16)17)20-11(13-6)19-4-3-8(15)14-10(18)12-2/h3-5H2,1-2H3,(H,16,17)(H2,12,14,15,18). The summed E-state index contributed by atoms with van der Waals surface area (Å²) in [5.74, 6) is -0.781. The molecule has 0 aromatic carbocycles. The molecule has 7 nitrogen and oxygen atoms in total. The van der Waals surface area contributed by atoms with Crippen LogP contribution in [0.15, 0.2) is 4.34 Å². The number of nitrogens with zero attached hydrogens (tertiary/aromatic N) is 1. The second-order valence-electron chi connectivity index (χ2n) is 3.78. The highest BCUT2D eigenvalue weighted by molar-refractivity contribution is 8.01. The molecule has 110 valence electrons. The van der Waals surface area contributed by atoms with Crippen LogP contribution in [0.3, 0.4) is 0 Å². The summed E-state index contributed by atoms with van der Waals surface area (Å²) in [7, 11) is 1.43. The van der Waals surface area contributed by atoms with Gasteiger partial charge in [0.1, 0.15) is 4.34 Å². The lowest BCUT2D eigenvalue weighted by Crippen LogP contribution is -2.37. The number of carbonyl (C=O) groups excluding carboxylic acids is 2. The summed E-state index contributed by atoms with van der Waals surface area (Å²) in [4.78, 5) is 37.8. The number of amides is 3. The Balaban J connectivity index is 2.40. The third kappa shape index (κ3) is 5.57. The highest BCUT2D eigenvalue weighted by atomic mass is 32.2. The number of aromatic nitrogens is 1. The molecule has 0 bridgehead atoms. The van der Waals surface area contributed by atoms with Gasteiger partial charge in [-0.1, -0.05) is 11.8 Å². The summed E-state index contributed by atoms with van der Waals surface area (Å²) >= 11 is 2.69. The minimum absolute atomic E-state index is 0.0405. The molecule has 1 aromatic heterocycles. The Labute approximate surface area is 124 Å². The first kappa shape index (κ1) is 16.4. The van der Waals surface area contributed by atoms with E-state index >= 15 is 0 Å². The summed E-state index contributed by atoms with van der Waals surface area (Å²) in [5.41, 5.74) is 0.703. The molecule has 3 amide bonds. The van der Waals surface area contributed by atoms with Crippen molar-refractivity contribution in [2.45, 2.75) is 24.1 Å². The molecule has 0 radical (unpaired) electrons. The molecule has 0 saturated carbocycles. The first-order chi connectivity index (χ1) is 9.42. The maximum atomic E-state index is 11.3. The number of urea groups is 1. The van der Waals surface area contributed by atoms with Gasteiger partial charge in [-0.15, -0.1) is 11.3 Å². The van der Waals surface area contributed by atoms with E-state index < -0.39 is 12.0 Å². The molecule has 20 heavy (non-hydrogen) atoms. The van der Waals surface area contributed by atoms with Gasteiger partial charge in [0.15, 0.2) is 0 Å². The number of thioether (sulfide) groups is 1. The molecule has 0 fully saturated rings. The third-order valence-corrected chi connectivity index (χ3v) is 4.52. The van der Waals surface area contributed by atoms with Crippen molar-refractivity contribution in [2.75, 3.05) is 12.8 Å². The summed E-state index contributed by atoms with van der Waals surface area (Å²) in [6.45, 7) is 1.76. The van der Waals surface area contributed by atoms with E-state index in [2.05, 4.69) is 15.6 Å². The number of aryl methyl sites for hydroxylation is 1. The molecule has 1 heterocycles. The van der Waals surface area contributed by atoms with Crippen molar-refractivity contribution in [1.82, 2.24) is 15.6 Å². The van der Waals surface area contributed by atoms with Crippen LogP contribution in [0, 0.1) is 6.92 Å². The van der Waals surface area contributed by atoms with Crippen LogP contribution in [0.5, 0.6) is 0 Å². The number of imide groups is 1. The number of aliphatic carboxylic acids is 1. The quantitative estimate of drug-likeness (QED) is 0.676. The van der Waals surface area contributed by atoms with E-state index in [-0.39, 0.29) is 18.7 Å². The van der Waals surface area contributed by atoms with Crippen LogP contribution in [0.2, 0.25) is 0 Å². The van der Waals surface area contributed by atoms with Gasteiger partial charge in [0.25, 0.3) is 0 Å². The Morgan fingerprint density at radius 1 is 1.40 bits per heavy atom. The second-order valence-corrected chi connectivity index (χ2v) is 6.21. The Hall–Kier alpha value is -1.61. The Kier molecular flexibility index (Phi) is 6.46. The number of nitrogens with one attached hydrogen (secondary N) is 2. The summed E-state index contributed by atoms with van der Waals surface area (Å²) < 4.78 is 0.728. The van der Waals surface area contributed by atoms with Gasteiger partial charge in [-0.2, -0.15) is 0 Å². The van der Waals surface area contributed by atoms with Gasteiger partial charge < -0.3 is 10.4 Å². The molecule has 0 aliphatic heterocycles. The Bertz CT molecular complexity index is 516. The van der Waals surface area contributed by atoms with Crippen LogP contribution >= 0.6 is 23.1 Å². The number of rotatable bonds is 6. The van der Waals surface area contributed by atoms with Crippen molar-refractivity contribution in [3.05, 3.63) is 10.6 Å². The maximum Gasteiger partial charge on any atom is 0.321 e. The van der Waals surface area contributed by atoms with Crippen LogP contribution in [-0.2, 0) is 16.0 Å². The minimum Gasteiger partial charge on any atom is -0.481 e. The monoisotopic (exact) mass is 317 g/mol. The topological polar surface area (TPSA) is 108 Å². The van der Waals surface area contributed by atoms with Crippen molar-refractivity contribution in [1.29, 1.82) is 0 Å². The molecule has 9 heteroatoms. The van der Waals surface area contributed by atoms with Crippen molar-refractivity contribution < 1.29 is 19.5 Å². The number of carbonyl (C=O) groups is 3. The number of carboxylic acid groups (broad SMARTS) is 1. The fraction of sp³-hybridized carbons (Fsp3) is 0.455. The Morgan fingerprint density at radius 3 is 2.70 bits per heavy atom. The van der Waals surface area contributed by atoms with Gasteiger partial charge in [-0.25, -0.2) is 9.78 Å². The van der Waals surface area contributed by atoms with Gasteiger partial charge >= 0.3 is 12.0 Å². The molecule has 0 unspecified atom stereocenters. The van der Waals surface area contributed by atoms with Gasteiger partial charge in [-0.05, 0) is 6.92 Å². The zero-order chi connectivity index (χ0) is 15.1. The lowest BCUT2D eigenvalue weighted by Gasteiger charge is -2.01.